The Kier molecular flexibility index (Phi) is 6.99. The van der Waals surface area contributed by atoms with Crippen molar-refractivity contribution in [1.82, 2.24) is 0 Å². The van der Waals surface area contributed by atoms with E-state index in [0.717, 1.165) is 34.2 Å². The molecule has 0 aliphatic heterocycles. The van der Waals surface area contributed by atoms with Gasteiger partial charge >= 0.3 is 5.97 Å². The van der Waals surface area contributed by atoms with E-state index in [1.165, 1.54) is 44.9 Å². The number of rotatable bonds is 5. The van der Waals surface area contributed by atoms with Crippen molar-refractivity contribution >= 4 is 28.6 Å². The summed E-state index contributed by atoms with van der Waals surface area (Å²) in [5.74, 6) is 1.79. The van der Waals surface area contributed by atoms with Crippen LogP contribution in [0, 0.1) is 17.8 Å². The van der Waals surface area contributed by atoms with Gasteiger partial charge in [-0.05, 0) is 49.5 Å². The molecule has 3 heteroatoms. The van der Waals surface area contributed by atoms with Gasteiger partial charge in [0.05, 0.1) is 5.92 Å². The van der Waals surface area contributed by atoms with Crippen LogP contribution in [0.15, 0.2) is 30.3 Å². The molecule has 3 unspecified atom stereocenters. The van der Waals surface area contributed by atoms with Crippen LogP contribution in [0.3, 0.4) is 0 Å². The first-order valence-corrected chi connectivity index (χ1v) is 10.8. The first-order chi connectivity index (χ1) is 11.7. The molecule has 2 fully saturated rings. The van der Waals surface area contributed by atoms with Crippen LogP contribution >= 0.6 is 22.6 Å². The number of alkyl halides is 1. The molecule has 0 N–H and O–H groups in total. The molecule has 0 bridgehead atoms. The van der Waals surface area contributed by atoms with Crippen LogP contribution in [-0.4, -0.2) is 9.89 Å². The Bertz CT molecular complexity index is 516. The normalized spacial score (nSPS) is 30.7. The maximum absolute atomic E-state index is 12.4. The van der Waals surface area contributed by atoms with Crippen molar-refractivity contribution in [2.24, 2.45) is 17.8 Å². The van der Waals surface area contributed by atoms with Crippen molar-refractivity contribution < 1.29 is 9.53 Å². The van der Waals surface area contributed by atoms with Crippen molar-refractivity contribution in [2.45, 2.75) is 68.3 Å². The Morgan fingerprint density at radius 1 is 1.00 bits per heavy atom. The van der Waals surface area contributed by atoms with Gasteiger partial charge in [0, 0.05) is 3.92 Å². The smallest absolute Gasteiger partial charge is 0.309 e. The van der Waals surface area contributed by atoms with E-state index in [-0.39, 0.29) is 11.9 Å². The van der Waals surface area contributed by atoms with Crippen LogP contribution in [0.25, 0.3) is 0 Å². The molecule has 132 valence electrons. The highest BCUT2D eigenvalue weighted by atomic mass is 127. The highest BCUT2D eigenvalue weighted by molar-refractivity contribution is 14.1. The van der Waals surface area contributed by atoms with Crippen molar-refractivity contribution in [1.29, 1.82) is 0 Å². The highest BCUT2D eigenvalue weighted by Crippen LogP contribution is 2.39. The van der Waals surface area contributed by atoms with Crippen LogP contribution in [0.1, 0.15) is 63.4 Å². The van der Waals surface area contributed by atoms with E-state index in [2.05, 4.69) is 22.6 Å². The molecule has 0 heterocycles. The standard InChI is InChI=1S/C21H29IO2/c22-20-11-5-9-18(14-20)12-17-8-4-10-19(13-17)21(23)24-15-16-6-2-1-3-7-16/h1-3,6-7,17-20H,4-5,8-15H2/t17-,18?,19?,20?/m1/s1. The first-order valence-electron chi connectivity index (χ1n) is 9.55. The molecular weight excluding hydrogens is 411 g/mol. The molecule has 0 spiro atoms. The molecule has 1 aromatic carbocycles. The monoisotopic (exact) mass is 440 g/mol. The van der Waals surface area contributed by atoms with Crippen LogP contribution in [0.2, 0.25) is 0 Å². The summed E-state index contributed by atoms with van der Waals surface area (Å²) < 4.78 is 6.45. The topological polar surface area (TPSA) is 26.3 Å². The number of hydrogen-bond donors (Lipinski definition) is 0. The third-order valence-corrected chi connectivity index (χ3v) is 6.86. The second-order valence-corrected chi connectivity index (χ2v) is 9.45. The largest absolute Gasteiger partial charge is 0.461 e. The zero-order valence-electron chi connectivity index (χ0n) is 14.5. The summed E-state index contributed by atoms with van der Waals surface area (Å²) in [6.07, 6.45) is 11.5. The van der Waals surface area contributed by atoms with Gasteiger partial charge in [0.25, 0.3) is 0 Å². The van der Waals surface area contributed by atoms with Crippen molar-refractivity contribution in [3.63, 3.8) is 0 Å². The minimum atomic E-state index is 0.0268. The lowest BCUT2D eigenvalue weighted by Crippen LogP contribution is -2.27. The summed E-state index contributed by atoms with van der Waals surface area (Å²) in [5.41, 5.74) is 1.08. The Balaban J connectivity index is 1.45. The van der Waals surface area contributed by atoms with E-state index >= 15 is 0 Å². The van der Waals surface area contributed by atoms with E-state index < -0.39 is 0 Å². The molecule has 1 aromatic rings. The van der Waals surface area contributed by atoms with Gasteiger partial charge in [0.2, 0.25) is 0 Å². The maximum atomic E-state index is 12.4. The number of carbonyl (C=O) groups is 1. The number of ether oxygens (including phenoxy) is 1. The molecule has 24 heavy (non-hydrogen) atoms. The van der Waals surface area contributed by atoms with E-state index in [0.29, 0.717) is 6.61 Å². The molecule has 0 amide bonds. The summed E-state index contributed by atoms with van der Waals surface area (Å²) in [6.45, 7) is 0.417. The minimum Gasteiger partial charge on any atom is -0.461 e. The molecule has 4 atom stereocenters. The third kappa shape index (κ3) is 5.47. The van der Waals surface area contributed by atoms with Crippen molar-refractivity contribution in [2.75, 3.05) is 0 Å². The van der Waals surface area contributed by atoms with Gasteiger partial charge in [0.15, 0.2) is 0 Å². The average molecular weight is 440 g/mol. The fourth-order valence-corrected chi connectivity index (χ4v) is 5.64. The van der Waals surface area contributed by atoms with E-state index in [1.54, 1.807) is 0 Å². The number of carbonyl (C=O) groups excluding carboxylic acids is 1. The SMILES string of the molecule is O=C(OCc1ccccc1)C1CCC[C@H](CC2CCCC(I)C2)C1. The third-order valence-electron chi connectivity index (χ3n) is 5.73. The van der Waals surface area contributed by atoms with Gasteiger partial charge in [0.1, 0.15) is 6.61 Å². The second-order valence-electron chi connectivity index (χ2n) is 7.69. The fourth-order valence-electron chi connectivity index (χ4n) is 4.48. The first kappa shape index (κ1) is 18.2. The Morgan fingerprint density at radius 3 is 2.46 bits per heavy atom. The predicted molar refractivity (Wildman–Crippen MR) is 106 cm³/mol. The number of hydrogen-bond acceptors (Lipinski definition) is 2. The van der Waals surface area contributed by atoms with Crippen LogP contribution in [0.5, 0.6) is 0 Å². The maximum Gasteiger partial charge on any atom is 0.309 e. The molecule has 3 rings (SSSR count). The van der Waals surface area contributed by atoms with E-state index in [1.807, 2.05) is 30.3 Å². The number of halogens is 1. The zero-order valence-corrected chi connectivity index (χ0v) is 16.6. The molecule has 2 aliphatic rings. The highest BCUT2D eigenvalue weighted by Gasteiger charge is 2.31. The van der Waals surface area contributed by atoms with Gasteiger partial charge in [-0.15, -0.1) is 0 Å². The zero-order chi connectivity index (χ0) is 16.8. The van der Waals surface area contributed by atoms with E-state index in [4.69, 9.17) is 4.74 Å². The lowest BCUT2D eigenvalue weighted by atomic mass is 9.74. The summed E-state index contributed by atoms with van der Waals surface area (Å²) in [6, 6.07) is 10.00. The Labute approximate surface area is 159 Å². The number of benzene rings is 1. The summed E-state index contributed by atoms with van der Waals surface area (Å²) in [7, 11) is 0. The lowest BCUT2D eigenvalue weighted by molar-refractivity contribution is -0.151. The lowest BCUT2D eigenvalue weighted by Gasteiger charge is -2.33. The average Bonchev–Trinajstić information content (AvgIpc) is 2.61. The Morgan fingerprint density at radius 2 is 1.71 bits per heavy atom. The predicted octanol–water partition coefficient (Wildman–Crippen LogP) is 5.92. The summed E-state index contributed by atoms with van der Waals surface area (Å²) in [4.78, 5) is 12.4. The molecule has 0 saturated heterocycles. The van der Waals surface area contributed by atoms with Gasteiger partial charge in [-0.25, -0.2) is 0 Å². The van der Waals surface area contributed by atoms with Gasteiger partial charge in [-0.1, -0.05) is 78.6 Å². The second kappa shape index (κ2) is 9.21. The van der Waals surface area contributed by atoms with E-state index in [9.17, 15) is 4.79 Å². The summed E-state index contributed by atoms with van der Waals surface area (Å²) in [5, 5.41) is 0. The minimum absolute atomic E-state index is 0.0268. The van der Waals surface area contributed by atoms with Crippen molar-refractivity contribution in [3.05, 3.63) is 35.9 Å². The van der Waals surface area contributed by atoms with Gasteiger partial charge in [-0.2, -0.15) is 0 Å². The Hall–Kier alpha value is -0.580. The van der Waals surface area contributed by atoms with Crippen molar-refractivity contribution in [3.8, 4) is 0 Å². The molecule has 2 nitrogen and oxygen atoms in total. The van der Waals surface area contributed by atoms with Gasteiger partial charge in [-0.3, -0.25) is 4.79 Å². The summed E-state index contributed by atoms with van der Waals surface area (Å²) >= 11 is 2.62. The molecular formula is C21H29IO2. The molecule has 2 saturated carbocycles. The van der Waals surface area contributed by atoms with Gasteiger partial charge < -0.3 is 4.74 Å². The number of esters is 1. The van der Waals surface area contributed by atoms with Crippen LogP contribution in [-0.2, 0) is 16.1 Å². The fraction of sp³-hybridized carbons (Fsp3) is 0.667. The quantitative estimate of drug-likeness (QED) is 0.323. The molecule has 0 aromatic heterocycles. The molecule has 0 radical (unpaired) electrons. The molecule has 2 aliphatic carbocycles. The van der Waals surface area contributed by atoms with Crippen LogP contribution < -0.4 is 0 Å². The van der Waals surface area contributed by atoms with Crippen LogP contribution in [0.4, 0.5) is 0 Å².